The van der Waals surface area contributed by atoms with Crippen LogP contribution in [0, 0.1) is 35.5 Å². The zero-order valence-electron chi connectivity index (χ0n) is 47.3. The fourth-order valence-corrected chi connectivity index (χ4v) is 11.4. The number of esters is 3. The molecule has 0 heterocycles. The van der Waals surface area contributed by atoms with Gasteiger partial charge in [0, 0.05) is 6.08 Å². The second-order valence-electron chi connectivity index (χ2n) is 21.9. The van der Waals surface area contributed by atoms with Crippen LogP contribution in [0.5, 0.6) is 17.2 Å². The molecule has 418 valence electrons. The average molecular weight is 1110 g/mol. The Balaban J connectivity index is 0.000000134. The number of fused-ring (bicyclic) bond motifs is 4. The van der Waals surface area contributed by atoms with E-state index in [1.165, 1.54) is 33.4 Å². The molecule has 6 unspecified atom stereocenters. The van der Waals surface area contributed by atoms with E-state index in [-0.39, 0.29) is 23.8 Å². The number of carbonyl (C=O) groups is 3. The van der Waals surface area contributed by atoms with E-state index in [0.29, 0.717) is 40.9 Å². The number of benzene rings is 9. The van der Waals surface area contributed by atoms with Crippen LogP contribution < -0.4 is 14.2 Å². The first-order valence-corrected chi connectivity index (χ1v) is 29.2. The van der Waals surface area contributed by atoms with Crippen molar-refractivity contribution in [1.29, 1.82) is 0 Å². The van der Waals surface area contributed by atoms with Gasteiger partial charge in [-0.3, -0.25) is 9.59 Å². The first kappa shape index (κ1) is 56.7. The van der Waals surface area contributed by atoms with Gasteiger partial charge in [-0.05, 0) is 153 Å². The fourth-order valence-electron chi connectivity index (χ4n) is 11.4. The highest BCUT2D eigenvalue weighted by atomic mass is 16.5. The Hall–Kier alpha value is -10.2. The largest absolute Gasteiger partial charge is 0.426 e. The van der Waals surface area contributed by atoms with Crippen LogP contribution in [0.25, 0.3) is 69.8 Å². The molecule has 2 fully saturated rings. The van der Waals surface area contributed by atoms with Gasteiger partial charge in [-0.2, -0.15) is 0 Å². The Kier molecular flexibility index (Phi) is 18.5. The van der Waals surface area contributed by atoms with Gasteiger partial charge in [0.1, 0.15) is 17.2 Å². The molecule has 9 aromatic carbocycles. The van der Waals surface area contributed by atoms with Gasteiger partial charge in [0.15, 0.2) is 0 Å². The van der Waals surface area contributed by atoms with Crippen LogP contribution in [0.2, 0.25) is 0 Å². The van der Waals surface area contributed by atoms with Crippen LogP contribution in [-0.4, -0.2) is 17.9 Å². The van der Waals surface area contributed by atoms with Crippen LogP contribution in [-0.2, 0) is 14.4 Å². The summed E-state index contributed by atoms with van der Waals surface area (Å²) in [6.07, 6.45) is 26.5. The van der Waals surface area contributed by atoms with Crippen LogP contribution in [0.4, 0.5) is 0 Å². The minimum atomic E-state index is -0.457. The predicted octanol–water partition coefficient (Wildman–Crippen LogP) is 18.9. The van der Waals surface area contributed by atoms with E-state index >= 15 is 0 Å². The number of rotatable bonds is 15. The standard InChI is InChI=1S/2C28H24O2.C23H18O2/c2*29-28(27-19-22-10-15-25(27)18-22)30-26-16-11-21(12-17-26)7-6-20-8-13-24(14-9-20)23-4-2-1-3-5-23;1-2-23(24)25-22-16-12-19(13-17-22)9-8-18-10-14-21(15-11-18)20-6-4-3-5-7-20/h2*1-17,22,25,27H,18-19H2;2-17H,1H2/b7-6+;7-6-;9-8-. The summed E-state index contributed by atoms with van der Waals surface area (Å²) in [5.41, 5.74) is 13.9. The molecule has 0 spiro atoms. The molecule has 6 nitrogen and oxygen atoms in total. The van der Waals surface area contributed by atoms with Crippen molar-refractivity contribution in [3.8, 4) is 50.6 Å². The molecule has 0 aliphatic heterocycles. The second kappa shape index (κ2) is 27.7. The Bertz CT molecular complexity index is 3660. The SMILES string of the molecule is C=CC(=O)Oc1ccc(/C=C\c2ccc(-c3ccccc3)cc2)cc1.O=C(Oc1ccc(/C=C/c2ccc(-c3ccccc3)cc2)cc1)C1CC2C=CC1C2.O=C(Oc1ccc(/C=C\c2ccc(-c3ccccc3)cc2)cc1)C1CC2C=CC1C2. The molecule has 85 heavy (non-hydrogen) atoms. The molecule has 2 saturated carbocycles. The lowest BCUT2D eigenvalue weighted by atomic mass is 9.94. The number of carbonyl (C=O) groups excluding carboxylic acids is 3. The van der Waals surface area contributed by atoms with E-state index in [0.717, 1.165) is 65.1 Å². The Morgan fingerprint density at radius 2 is 0.565 bits per heavy atom. The molecular weight excluding hydrogens is 1040 g/mol. The Labute approximate surface area is 499 Å². The summed E-state index contributed by atoms with van der Waals surface area (Å²) < 4.78 is 16.3. The maximum Gasteiger partial charge on any atom is 0.335 e. The minimum absolute atomic E-state index is 0.0263. The van der Waals surface area contributed by atoms with Crippen molar-refractivity contribution in [3.05, 3.63) is 307 Å². The summed E-state index contributed by atoms with van der Waals surface area (Å²) in [4.78, 5) is 36.1. The third kappa shape index (κ3) is 15.5. The summed E-state index contributed by atoms with van der Waals surface area (Å²) >= 11 is 0. The van der Waals surface area contributed by atoms with Gasteiger partial charge in [0.2, 0.25) is 0 Å². The lowest BCUT2D eigenvalue weighted by Gasteiger charge is -2.16. The highest BCUT2D eigenvalue weighted by molar-refractivity contribution is 5.84. The smallest absolute Gasteiger partial charge is 0.335 e. The highest BCUT2D eigenvalue weighted by Crippen LogP contribution is 2.45. The molecule has 0 N–H and O–H groups in total. The molecule has 13 rings (SSSR count). The lowest BCUT2D eigenvalue weighted by Crippen LogP contribution is -2.23. The zero-order chi connectivity index (χ0) is 58.2. The van der Waals surface area contributed by atoms with Crippen molar-refractivity contribution in [2.45, 2.75) is 25.7 Å². The van der Waals surface area contributed by atoms with Gasteiger partial charge in [-0.25, -0.2) is 4.79 Å². The highest BCUT2D eigenvalue weighted by Gasteiger charge is 2.42. The first-order valence-electron chi connectivity index (χ1n) is 29.2. The van der Waals surface area contributed by atoms with Crippen LogP contribution in [0.15, 0.2) is 274 Å². The molecule has 6 atom stereocenters. The van der Waals surface area contributed by atoms with E-state index in [1.54, 1.807) is 12.1 Å². The van der Waals surface area contributed by atoms with Gasteiger partial charge >= 0.3 is 17.9 Å². The molecule has 0 saturated heterocycles. The van der Waals surface area contributed by atoms with Gasteiger partial charge in [0.25, 0.3) is 0 Å². The lowest BCUT2D eigenvalue weighted by molar-refractivity contribution is -0.140. The molecule has 4 bridgehead atoms. The predicted molar refractivity (Wildman–Crippen MR) is 347 cm³/mol. The van der Waals surface area contributed by atoms with Crippen molar-refractivity contribution in [1.82, 2.24) is 0 Å². The van der Waals surface area contributed by atoms with Gasteiger partial charge < -0.3 is 14.2 Å². The van der Waals surface area contributed by atoms with Crippen molar-refractivity contribution in [2.75, 3.05) is 0 Å². The molecule has 4 aliphatic carbocycles. The number of allylic oxidation sites excluding steroid dienone is 4. The summed E-state index contributed by atoms with van der Waals surface area (Å²) in [6, 6.07) is 79.3. The quantitative estimate of drug-likeness (QED) is 0.0335. The first-order chi connectivity index (χ1) is 41.7. The van der Waals surface area contributed by atoms with E-state index < -0.39 is 5.97 Å². The Morgan fingerprint density at radius 1 is 0.306 bits per heavy atom. The van der Waals surface area contributed by atoms with Gasteiger partial charge in [-0.15, -0.1) is 0 Å². The van der Waals surface area contributed by atoms with E-state index in [9.17, 15) is 14.4 Å². The summed E-state index contributed by atoms with van der Waals surface area (Å²) in [7, 11) is 0. The van der Waals surface area contributed by atoms with Crippen molar-refractivity contribution < 1.29 is 28.6 Å². The van der Waals surface area contributed by atoms with Crippen molar-refractivity contribution in [2.24, 2.45) is 35.5 Å². The van der Waals surface area contributed by atoms with E-state index in [1.807, 2.05) is 97.1 Å². The number of hydrogen-bond donors (Lipinski definition) is 0. The average Bonchev–Trinajstić information content (AvgIpc) is 4.56. The van der Waals surface area contributed by atoms with E-state index in [4.69, 9.17) is 14.2 Å². The second-order valence-corrected chi connectivity index (χ2v) is 21.9. The monoisotopic (exact) mass is 1110 g/mol. The Morgan fingerprint density at radius 3 is 0.812 bits per heavy atom. The molecule has 0 amide bonds. The molecule has 4 aliphatic rings. The fraction of sp³-hybridized carbons (Fsp3) is 0.127. The van der Waals surface area contributed by atoms with Crippen LogP contribution in [0.1, 0.15) is 59.1 Å². The molecular formula is C79H66O6. The maximum absolute atomic E-state index is 12.5. The third-order valence-corrected chi connectivity index (χ3v) is 16.1. The maximum atomic E-state index is 12.5. The summed E-state index contributed by atoms with van der Waals surface area (Å²) in [6.45, 7) is 3.38. The third-order valence-electron chi connectivity index (χ3n) is 16.1. The van der Waals surface area contributed by atoms with Crippen molar-refractivity contribution >= 4 is 54.4 Å². The number of ether oxygens (including phenoxy) is 3. The summed E-state index contributed by atoms with van der Waals surface area (Å²) in [5, 5.41) is 0. The van der Waals surface area contributed by atoms with Gasteiger partial charge in [0.05, 0.1) is 11.8 Å². The van der Waals surface area contributed by atoms with Crippen LogP contribution in [0.3, 0.4) is 0 Å². The molecule has 6 heteroatoms. The van der Waals surface area contributed by atoms with Crippen molar-refractivity contribution in [3.63, 3.8) is 0 Å². The zero-order valence-corrected chi connectivity index (χ0v) is 47.3. The topological polar surface area (TPSA) is 78.9 Å². The van der Waals surface area contributed by atoms with E-state index in [2.05, 4.69) is 195 Å². The van der Waals surface area contributed by atoms with Gasteiger partial charge in [-0.1, -0.05) is 268 Å². The molecule has 0 radical (unpaired) electrons. The normalized spacial score (nSPS) is 18.6. The molecule has 9 aromatic rings. The van der Waals surface area contributed by atoms with Crippen LogP contribution >= 0.6 is 0 Å². The number of hydrogen-bond acceptors (Lipinski definition) is 6. The minimum Gasteiger partial charge on any atom is -0.426 e. The summed E-state index contributed by atoms with van der Waals surface area (Å²) in [5.74, 6) is 3.06. The molecule has 0 aromatic heterocycles.